The Morgan fingerprint density at radius 2 is 1.75 bits per heavy atom. The lowest BCUT2D eigenvalue weighted by molar-refractivity contribution is -0.758. The average molecular weight is 542 g/mol. The van der Waals surface area contributed by atoms with Gasteiger partial charge in [-0.25, -0.2) is 9.59 Å². The number of halogens is 4. The van der Waals surface area contributed by atoms with Crippen LogP contribution in [0, 0.1) is 10.1 Å². The van der Waals surface area contributed by atoms with Gasteiger partial charge in [0.25, 0.3) is 5.09 Å². The van der Waals surface area contributed by atoms with Crippen LogP contribution in [0.2, 0.25) is 5.02 Å². The third-order valence-corrected chi connectivity index (χ3v) is 4.83. The molecule has 15 heteroatoms. The largest absolute Gasteiger partial charge is 0.511 e. The van der Waals surface area contributed by atoms with Crippen molar-refractivity contribution in [3.05, 3.63) is 44.0 Å². The van der Waals surface area contributed by atoms with Gasteiger partial charge in [0.1, 0.15) is 19.0 Å². The van der Waals surface area contributed by atoms with E-state index in [9.17, 15) is 32.9 Å². The van der Waals surface area contributed by atoms with E-state index in [1.165, 1.54) is 12.1 Å². The zero-order valence-electron chi connectivity index (χ0n) is 19.4. The summed E-state index contributed by atoms with van der Waals surface area (Å²) in [4.78, 5) is 37.8. The molecule has 0 saturated carbocycles. The van der Waals surface area contributed by atoms with Crippen molar-refractivity contribution in [1.29, 1.82) is 0 Å². The molecule has 0 spiro atoms. The van der Waals surface area contributed by atoms with Crippen molar-refractivity contribution >= 4 is 29.8 Å². The molecule has 2 rings (SSSR count). The molecule has 1 unspecified atom stereocenters. The van der Waals surface area contributed by atoms with Crippen LogP contribution in [0.1, 0.15) is 31.9 Å². The Morgan fingerprint density at radius 1 is 1.08 bits per heavy atom. The number of carbonyl (C=O) groups excluding carboxylic acids is 2. The van der Waals surface area contributed by atoms with E-state index in [1.54, 1.807) is 0 Å². The maximum atomic E-state index is 13.6. The predicted octanol–water partition coefficient (Wildman–Crippen LogP) is 4.22. The minimum Gasteiger partial charge on any atom is -0.475 e. The molecule has 0 saturated heterocycles. The first-order valence-corrected chi connectivity index (χ1v) is 10.7. The summed E-state index contributed by atoms with van der Waals surface area (Å²) in [5.74, 6) is -1.53. The first kappa shape index (κ1) is 29.0. The molecule has 1 heterocycles. The SMILES string of the molecule is CC(C)(C)c1cc2c(cc1Cl)C=C(C(=O)OCOC(=O)OCCOCCO[N+](=O)[O-])C(C(F)(F)F)O2. The Hall–Kier alpha value is -3.26. The van der Waals surface area contributed by atoms with Gasteiger partial charge in [-0.3, -0.25) is 0 Å². The van der Waals surface area contributed by atoms with Crippen molar-refractivity contribution in [3.63, 3.8) is 0 Å². The summed E-state index contributed by atoms with van der Waals surface area (Å²) in [5.41, 5.74) is -0.637. The molecule has 0 N–H and O–H groups in total. The summed E-state index contributed by atoms with van der Waals surface area (Å²) >= 11 is 6.27. The van der Waals surface area contributed by atoms with Gasteiger partial charge < -0.3 is 28.5 Å². The number of ether oxygens (including phenoxy) is 5. The second kappa shape index (κ2) is 12.1. The van der Waals surface area contributed by atoms with Crippen LogP contribution in [0.3, 0.4) is 0 Å². The van der Waals surface area contributed by atoms with Crippen molar-refractivity contribution < 1.29 is 56.4 Å². The molecule has 0 amide bonds. The second-order valence-electron chi connectivity index (χ2n) is 8.22. The Morgan fingerprint density at radius 3 is 2.36 bits per heavy atom. The summed E-state index contributed by atoms with van der Waals surface area (Å²) in [5, 5.41) is 9.22. The highest BCUT2D eigenvalue weighted by molar-refractivity contribution is 6.31. The zero-order chi connectivity index (χ0) is 27.1. The predicted molar refractivity (Wildman–Crippen MR) is 116 cm³/mol. The smallest absolute Gasteiger partial charge is 0.475 e. The summed E-state index contributed by atoms with van der Waals surface area (Å²) < 4.78 is 64.6. The Balaban J connectivity index is 1.95. The van der Waals surface area contributed by atoms with Gasteiger partial charge in [0.05, 0.1) is 18.8 Å². The fraction of sp³-hybridized carbons (Fsp3) is 0.524. The van der Waals surface area contributed by atoms with Gasteiger partial charge in [-0.05, 0) is 29.2 Å². The topological polar surface area (TPSA) is 133 Å². The Labute approximate surface area is 208 Å². The fourth-order valence-electron chi connectivity index (χ4n) is 2.91. The van der Waals surface area contributed by atoms with Crippen LogP contribution in [0.25, 0.3) is 6.08 Å². The molecular formula is C21H23ClF3NO10. The van der Waals surface area contributed by atoms with Crippen molar-refractivity contribution in [2.45, 2.75) is 38.5 Å². The fourth-order valence-corrected chi connectivity index (χ4v) is 3.37. The van der Waals surface area contributed by atoms with Gasteiger partial charge >= 0.3 is 18.3 Å². The summed E-state index contributed by atoms with van der Waals surface area (Å²) in [7, 11) is 0. The standard InChI is InChI=1S/C21H23ClF3NO10/c1-20(2,3)14-10-16-12(9-15(14)22)8-13(17(36-16)21(23,24)25)18(27)33-11-34-19(28)32-6-4-31-5-7-35-26(29)30/h8-10,17H,4-7,11H2,1-3H3. The molecule has 1 aliphatic rings. The van der Waals surface area contributed by atoms with Crippen molar-refractivity contribution in [3.8, 4) is 5.75 Å². The van der Waals surface area contributed by atoms with Crippen molar-refractivity contribution in [1.82, 2.24) is 0 Å². The summed E-state index contributed by atoms with van der Waals surface area (Å²) in [6.45, 7) is 3.54. The zero-order valence-corrected chi connectivity index (χ0v) is 20.1. The number of alkyl halides is 3. The van der Waals surface area contributed by atoms with Crippen LogP contribution < -0.4 is 4.74 Å². The van der Waals surface area contributed by atoms with Crippen LogP contribution in [0.4, 0.5) is 18.0 Å². The van der Waals surface area contributed by atoms with Crippen LogP contribution in [0.5, 0.6) is 5.75 Å². The van der Waals surface area contributed by atoms with Gasteiger partial charge in [0, 0.05) is 10.6 Å². The molecule has 1 aromatic rings. The molecule has 11 nitrogen and oxygen atoms in total. The molecule has 0 aromatic heterocycles. The summed E-state index contributed by atoms with van der Waals surface area (Å²) in [6.07, 6.45) is -7.90. The van der Waals surface area contributed by atoms with E-state index in [0.29, 0.717) is 5.56 Å². The number of fused-ring (bicyclic) bond motifs is 1. The number of esters is 1. The lowest BCUT2D eigenvalue weighted by Crippen LogP contribution is -2.41. The quantitative estimate of drug-likeness (QED) is 0.139. The van der Waals surface area contributed by atoms with Gasteiger partial charge in [-0.2, -0.15) is 13.2 Å². The molecule has 200 valence electrons. The molecule has 0 aliphatic carbocycles. The maximum absolute atomic E-state index is 13.6. The maximum Gasteiger partial charge on any atom is 0.511 e. The summed E-state index contributed by atoms with van der Waals surface area (Å²) in [6, 6.07) is 2.78. The Bertz CT molecular complexity index is 1010. The second-order valence-corrected chi connectivity index (χ2v) is 8.63. The van der Waals surface area contributed by atoms with Crippen molar-refractivity contribution in [2.75, 3.05) is 33.2 Å². The van der Waals surface area contributed by atoms with Crippen LogP contribution in [-0.4, -0.2) is 62.7 Å². The van der Waals surface area contributed by atoms with E-state index < -0.39 is 47.3 Å². The Kier molecular flexibility index (Phi) is 9.76. The number of rotatable bonds is 10. The first-order valence-electron chi connectivity index (χ1n) is 10.3. The van der Waals surface area contributed by atoms with Crippen LogP contribution in [0.15, 0.2) is 17.7 Å². The van der Waals surface area contributed by atoms with Crippen molar-refractivity contribution in [2.24, 2.45) is 0 Å². The van der Waals surface area contributed by atoms with E-state index in [0.717, 1.165) is 6.08 Å². The number of hydrogen-bond donors (Lipinski definition) is 0. The minimum absolute atomic E-state index is 0.102. The first-order chi connectivity index (χ1) is 16.7. The van der Waals surface area contributed by atoms with Gasteiger partial charge in [-0.1, -0.05) is 32.4 Å². The lowest BCUT2D eigenvalue weighted by atomic mass is 9.85. The molecule has 36 heavy (non-hydrogen) atoms. The van der Waals surface area contributed by atoms with Gasteiger partial charge in [-0.15, -0.1) is 10.1 Å². The highest BCUT2D eigenvalue weighted by Crippen LogP contribution is 2.42. The number of hydrogen-bond acceptors (Lipinski definition) is 10. The van der Waals surface area contributed by atoms with Gasteiger partial charge in [0.2, 0.25) is 12.9 Å². The third-order valence-electron chi connectivity index (χ3n) is 4.52. The van der Waals surface area contributed by atoms with Crippen LogP contribution in [-0.2, 0) is 34.0 Å². The lowest BCUT2D eigenvalue weighted by Gasteiger charge is -2.30. The molecular weight excluding hydrogens is 519 g/mol. The number of nitrogens with zero attached hydrogens (tertiary/aromatic N) is 1. The monoisotopic (exact) mass is 541 g/mol. The highest BCUT2D eigenvalue weighted by atomic mass is 35.5. The third kappa shape index (κ3) is 8.45. The van der Waals surface area contributed by atoms with E-state index in [4.69, 9.17) is 21.1 Å². The molecule has 1 atom stereocenters. The number of benzene rings is 1. The van der Waals surface area contributed by atoms with Gasteiger partial charge in [0.15, 0.2) is 0 Å². The molecule has 0 fully saturated rings. The van der Waals surface area contributed by atoms with E-state index in [-0.39, 0.29) is 42.8 Å². The van der Waals surface area contributed by atoms with Crippen LogP contribution >= 0.6 is 11.6 Å². The van der Waals surface area contributed by atoms with E-state index >= 15 is 0 Å². The van der Waals surface area contributed by atoms with E-state index in [2.05, 4.69) is 19.0 Å². The van der Waals surface area contributed by atoms with E-state index in [1.807, 2.05) is 20.8 Å². The minimum atomic E-state index is -4.95. The molecule has 1 aromatic carbocycles. The number of carbonyl (C=O) groups is 2. The average Bonchev–Trinajstić information content (AvgIpc) is 2.75. The molecule has 1 aliphatic heterocycles. The molecule has 0 radical (unpaired) electrons. The highest BCUT2D eigenvalue weighted by Gasteiger charge is 2.49. The normalized spacial score (nSPS) is 15.2. The molecule has 0 bridgehead atoms.